The maximum atomic E-state index is 14.3. The number of rotatable bonds is 4. The largest absolute Gasteiger partial charge is 0.467 e. The van der Waals surface area contributed by atoms with Gasteiger partial charge in [-0.05, 0) is 6.42 Å². The van der Waals surface area contributed by atoms with Gasteiger partial charge in [0.25, 0.3) is 0 Å². The molecule has 2 aliphatic carbocycles. The fourth-order valence-electron chi connectivity index (χ4n) is 2.94. The van der Waals surface area contributed by atoms with Crippen LogP contribution in [-0.4, -0.2) is 42.0 Å². The summed E-state index contributed by atoms with van der Waals surface area (Å²) in [7, 11) is 1.10. The lowest BCUT2D eigenvalue weighted by molar-refractivity contribution is -0.158. The summed E-state index contributed by atoms with van der Waals surface area (Å²) in [6.45, 7) is 1.83. The van der Waals surface area contributed by atoms with Crippen LogP contribution >= 0.6 is 0 Å². The molecule has 0 radical (unpaired) electrons. The zero-order valence-electron chi connectivity index (χ0n) is 10.4. The zero-order chi connectivity index (χ0) is 13.5. The Kier molecular flexibility index (Phi) is 3.31. The number of carbonyl (C=O) groups excluding carboxylic acids is 2. The topological polar surface area (TPSA) is 72.8 Å². The van der Waals surface area contributed by atoms with Crippen molar-refractivity contribution < 1.29 is 28.6 Å². The molecule has 18 heavy (non-hydrogen) atoms. The summed E-state index contributed by atoms with van der Waals surface area (Å²) >= 11 is 0. The molecule has 2 aliphatic rings. The first kappa shape index (κ1) is 13.3. The lowest BCUT2D eigenvalue weighted by atomic mass is 10.1. The van der Waals surface area contributed by atoms with E-state index >= 15 is 0 Å². The Hall–Kier alpha value is -1.17. The number of ether oxygens (including phenoxy) is 2. The minimum atomic E-state index is -2.19. The van der Waals surface area contributed by atoms with Crippen molar-refractivity contribution >= 4 is 11.9 Å². The van der Waals surface area contributed by atoms with Gasteiger partial charge in [0.1, 0.15) is 6.10 Å². The van der Waals surface area contributed by atoms with Crippen LogP contribution in [-0.2, 0) is 19.1 Å². The molecule has 5 atom stereocenters. The van der Waals surface area contributed by atoms with Gasteiger partial charge in [-0.15, -0.1) is 0 Å². The van der Waals surface area contributed by atoms with Crippen molar-refractivity contribution in [3.63, 3.8) is 0 Å². The molecule has 0 bridgehead atoms. The van der Waals surface area contributed by atoms with Gasteiger partial charge < -0.3 is 14.6 Å². The van der Waals surface area contributed by atoms with Crippen molar-refractivity contribution in [2.45, 2.75) is 44.1 Å². The third-order valence-corrected chi connectivity index (χ3v) is 3.77. The van der Waals surface area contributed by atoms with Gasteiger partial charge in [-0.1, -0.05) is 6.92 Å². The van der Waals surface area contributed by atoms with Gasteiger partial charge in [0.15, 0.2) is 0 Å². The van der Waals surface area contributed by atoms with Gasteiger partial charge in [-0.2, -0.15) is 0 Å². The smallest absolute Gasteiger partial charge is 0.344 e. The Labute approximate surface area is 104 Å². The van der Waals surface area contributed by atoms with Gasteiger partial charge in [0.05, 0.1) is 19.1 Å². The van der Waals surface area contributed by atoms with Crippen molar-refractivity contribution in [2.75, 3.05) is 7.11 Å². The lowest BCUT2D eigenvalue weighted by Crippen LogP contribution is -2.34. The molecule has 0 aromatic carbocycles. The van der Waals surface area contributed by atoms with Gasteiger partial charge in [-0.25, -0.2) is 9.18 Å². The minimum absolute atomic E-state index is 0.188. The highest BCUT2D eigenvalue weighted by atomic mass is 19.1. The molecule has 0 unspecified atom stereocenters. The van der Waals surface area contributed by atoms with Crippen molar-refractivity contribution in [3.8, 4) is 0 Å². The number of esters is 2. The van der Waals surface area contributed by atoms with Gasteiger partial charge >= 0.3 is 11.9 Å². The maximum absolute atomic E-state index is 14.3. The van der Waals surface area contributed by atoms with E-state index in [-0.39, 0.29) is 12.8 Å². The van der Waals surface area contributed by atoms with Crippen molar-refractivity contribution in [1.82, 2.24) is 0 Å². The van der Waals surface area contributed by atoms with Crippen LogP contribution in [0.5, 0.6) is 0 Å². The molecule has 2 saturated carbocycles. The molecule has 0 aromatic rings. The van der Waals surface area contributed by atoms with Gasteiger partial charge in [0, 0.05) is 18.8 Å². The van der Waals surface area contributed by atoms with Crippen LogP contribution in [0.1, 0.15) is 26.2 Å². The second-order valence-electron chi connectivity index (χ2n) is 4.89. The summed E-state index contributed by atoms with van der Waals surface area (Å²) < 4.78 is 23.8. The molecule has 1 N–H and O–H groups in total. The molecule has 6 heteroatoms. The number of carbonyl (C=O) groups is 2. The highest BCUT2D eigenvalue weighted by molar-refractivity contribution is 5.85. The monoisotopic (exact) mass is 260 g/mol. The van der Waals surface area contributed by atoms with Crippen LogP contribution in [0, 0.1) is 11.8 Å². The Balaban J connectivity index is 2.04. The molecule has 0 heterocycles. The summed E-state index contributed by atoms with van der Waals surface area (Å²) in [5.74, 6) is -2.98. The Bertz CT molecular complexity index is 371. The highest BCUT2D eigenvalue weighted by Gasteiger charge is 2.81. The van der Waals surface area contributed by atoms with E-state index in [0.717, 1.165) is 7.11 Å². The van der Waals surface area contributed by atoms with Crippen LogP contribution in [0.3, 0.4) is 0 Å². The number of hydrogen-bond donors (Lipinski definition) is 1. The van der Waals surface area contributed by atoms with E-state index in [1.807, 2.05) is 6.92 Å². The van der Waals surface area contributed by atoms with Crippen LogP contribution in [0.15, 0.2) is 0 Å². The molecule has 2 fully saturated rings. The molecular weight excluding hydrogens is 243 g/mol. The van der Waals surface area contributed by atoms with Crippen LogP contribution in [0.2, 0.25) is 0 Å². The van der Waals surface area contributed by atoms with E-state index in [9.17, 15) is 19.1 Å². The van der Waals surface area contributed by atoms with Crippen LogP contribution < -0.4 is 0 Å². The third-order valence-electron chi connectivity index (χ3n) is 3.77. The third kappa shape index (κ3) is 1.79. The van der Waals surface area contributed by atoms with E-state index < -0.39 is 41.7 Å². The summed E-state index contributed by atoms with van der Waals surface area (Å²) in [4.78, 5) is 22.7. The molecule has 2 rings (SSSR count). The molecular formula is C12H17FO5. The summed E-state index contributed by atoms with van der Waals surface area (Å²) in [5.41, 5.74) is -2.19. The average molecular weight is 260 g/mol. The standard InChI is InChI=1S/C12H17FO5/c1-3-4-8(15)18-7-5-6(14)9-10(7)12(9,13)11(16)17-2/h6-7,9-10,14H,3-5H2,1-2H3/t6-,7+,9+,10-,12+/m1/s1. The predicted molar refractivity (Wildman–Crippen MR) is 58.2 cm³/mol. The Morgan fingerprint density at radius 2 is 2.11 bits per heavy atom. The zero-order valence-corrected chi connectivity index (χ0v) is 10.4. The molecule has 0 amide bonds. The van der Waals surface area contributed by atoms with Crippen molar-refractivity contribution in [1.29, 1.82) is 0 Å². The number of aliphatic hydroxyl groups excluding tert-OH is 1. The van der Waals surface area contributed by atoms with Crippen molar-refractivity contribution in [3.05, 3.63) is 0 Å². The summed E-state index contributed by atoms with van der Waals surface area (Å²) in [5, 5.41) is 9.69. The number of fused-ring (bicyclic) bond motifs is 1. The second kappa shape index (κ2) is 4.50. The number of halogens is 1. The molecule has 0 aliphatic heterocycles. The fourth-order valence-corrected chi connectivity index (χ4v) is 2.94. The second-order valence-corrected chi connectivity index (χ2v) is 4.89. The summed E-state index contributed by atoms with van der Waals surface area (Å²) in [6.07, 6.45) is -0.610. The van der Waals surface area contributed by atoms with Crippen LogP contribution in [0.25, 0.3) is 0 Å². The van der Waals surface area contributed by atoms with E-state index in [1.54, 1.807) is 0 Å². The SMILES string of the molecule is CCCC(=O)O[C@H]1C[C@@H](O)[C@H]2[C@@H]1[C@]2(F)C(=O)OC. The predicted octanol–water partition coefficient (Wildman–Crippen LogP) is 0.590. The van der Waals surface area contributed by atoms with E-state index in [0.29, 0.717) is 6.42 Å². The first-order valence-electron chi connectivity index (χ1n) is 6.11. The first-order valence-corrected chi connectivity index (χ1v) is 6.11. The fraction of sp³-hybridized carbons (Fsp3) is 0.833. The molecule has 0 spiro atoms. The number of methoxy groups -OCH3 is 1. The highest BCUT2D eigenvalue weighted by Crippen LogP contribution is 2.64. The number of aliphatic hydroxyl groups is 1. The Morgan fingerprint density at radius 1 is 1.44 bits per heavy atom. The minimum Gasteiger partial charge on any atom is -0.467 e. The molecule has 102 valence electrons. The number of hydrogen-bond acceptors (Lipinski definition) is 5. The van der Waals surface area contributed by atoms with Gasteiger partial charge in [0.2, 0.25) is 5.67 Å². The average Bonchev–Trinajstić information content (AvgIpc) is 2.81. The lowest BCUT2D eigenvalue weighted by Gasteiger charge is -2.19. The van der Waals surface area contributed by atoms with E-state index in [2.05, 4.69) is 4.74 Å². The quantitative estimate of drug-likeness (QED) is 0.749. The Morgan fingerprint density at radius 3 is 2.67 bits per heavy atom. The first-order chi connectivity index (χ1) is 8.46. The van der Waals surface area contributed by atoms with E-state index in [4.69, 9.17) is 4.74 Å². The molecule has 0 saturated heterocycles. The number of alkyl halides is 1. The summed E-state index contributed by atoms with van der Waals surface area (Å²) in [6, 6.07) is 0. The van der Waals surface area contributed by atoms with Crippen LogP contribution in [0.4, 0.5) is 4.39 Å². The van der Waals surface area contributed by atoms with Gasteiger partial charge in [-0.3, -0.25) is 4.79 Å². The maximum Gasteiger partial charge on any atom is 0.344 e. The molecule has 5 nitrogen and oxygen atoms in total. The molecule has 0 aromatic heterocycles. The van der Waals surface area contributed by atoms with E-state index in [1.165, 1.54) is 0 Å². The van der Waals surface area contributed by atoms with Crippen molar-refractivity contribution in [2.24, 2.45) is 11.8 Å². The normalized spacial score (nSPS) is 41.1.